The standard InChI is InChI=1S/C12H17NO2S/c1-2-16-8-4-7-15-12(14)10-5-3-6-11(13)9-10/h3,5-6,9H,2,4,7-8,13H2,1H3. The molecule has 2 N–H and O–H groups in total. The average molecular weight is 239 g/mol. The lowest BCUT2D eigenvalue weighted by atomic mass is 10.2. The first kappa shape index (κ1) is 12.9. The quantitative estimate of drug-likeness (QED) is 0.471. The monoisotopic (exact) mass is 239 g/mol. The van der Waals surface area contributed by atoms with Crippen molar-refractivity contribution < 1.29 is 9.53 Å². The zero-order chi connectivity index (χ0) is 11.8. The molecule has 0 aromatic heterocycles. The van der Waals surface area contributed by atoms with Gasteiger partial charge in [0.15, 0.2) is 0 Å². The van der Waals surface area contributed by atoms with E-state index < -0.39 is 0 Å². The van der Waals surface area contributed by atoms with Crippen LogP contribution in [0, 0.1) is 0 Å². The Morgan fingerprint density at radius 2 is 2.31 bits per heavy atom. The van der Waals surface area contributed by atoms with Gasteiger partial charge in [-0.05, 0) is 36.1 Å². The number of carbonyl (C=O) groups is 1. The topological polar surface area (TPSA) is 52.3 Å². The number of thioether (sulfide) groups is 1. The van der Waals surface area contributed by atoms with Gasteiger partial charge in [0.25, 0.3) is 0 Å². The van der Waals surface area contributed by atoms with Crippen LogP contribution in [0.4, 0.5) is 5.69 Å². The van der Waals surface area contributed by atoms with Crippen molar-refractivity contribution in [3.05, 3.63) is 29.8 Å². The third-order valence-corrected chi connectivity index (χ3v) is 2.98. The highest BCUT2D eigenvalue weighted by molar-refractivity contribution is 7.99. The number of benzene rings is 1. The summed E-state index contributed by atoms with van der Waals surface area (Å²) in [6, 6.07) is 6.83. The van der Waals surface area contributed by atoms with E-state index in [1.54, 1.807) is 24.3 Å². The number of hydrogen-bond acceptors (Lipinski definition) is 4. The third kappa shape index (κ3) is 4.57. The number of nitrogens with two attached hydrogens (primary N) is 1. The van der Waals surface area contributed by atoms with E-state index in [4.69, 9.17) is 10.5 Å². The van der Waals surface area contributed by atoms with Gasteiger partial charge in [-0.1, -0.05) is 13.0 Å². The molecule has 0 saturated carbocycles. The Labute approximate surface area is 100 Å². The maximum Gasteiger partial charge on any atom is 0.338 e. The van der Waals surface area contributed by atoms with Crippen molar-refractivity contribution in [2.45, 2.75) is 13.3 Å². The van der Waals surface area contributed by atoms with E-state index in [9.17, 15) is 4.79 Å². The second-order valence-corrected chi connectivity index (χ2v) is 4.71. The summed E-state index contributed by atoms with van der Waals surface area (Å²) in [7, 11) is 0. The lowest BCUT2D eigenvalue weighted by Gasteiger charge is -2.04. The van der Waals surface area contributed by atoms with Gasteiger partial charge in [-0.15, -0.1) is 0 Å². The van der Waals surface area contributed by atoms with Gasteiger partial charge in [-0.3, -0.25) is 0 Å². The summed E-state index contributed by atoms with van der Waals surface area (Å²) in [5, 5.41) is 0. The molecule has 1 aromatic rings. The number of hydrogen-bond donors (Lipinski definition) is 1. The molecule has 0 aliphatic carbocycles. The molecule has 3 nitrogen and oxygen atoms in total. The molecule has 0 saturated heterocycles. The fourth-order valence-electron chi connectivity index (χ4n) is 1.22. The van der Waals surface area contributed by atoms with Crippen LogP contribution in [0.5, 0.6) is 0 Å². The van der Waals surface area contributed by atoms with E-state index in [0.29, 0.717) is 17.9 Å². The van der Waals surface area contributed by atoms with Gasteiger partial charge in [0.2, 0.25) is 0 Å². The van der Waals surface area contributed by atoms with Crippen molar-refractivity contribution in [2.24, 2.45) is 0 Å². The molecule has 0 atom stereocenters. The first-order chi connectivity index (χ1) is 7.74. The molecule has 88 valence electrons. The SMILES string of the molecule is CCSCCCOC(=O)c1cccc(N)c1. The highest BCUT2D eigenvalue weighted by atomic mass is 32.2. The number of rotatable bonds is 6. The fourth-order valence-corrected chi connectivity index (χ4v) is 1.83. The second-order valence-electron chi connectivity index (χ2n) is 3.31. The Kier molecular flexibility index (Phi) is 5.78. The van der Waals surface area contributed by atoms with Crippen molar-refractivity contribution in [2.75, 3.05) is 23.8 Å². The number of nitrogen functional groups attached to an aromatic ring is 1. The minimum atomic E-state index is -0.297. The Hall–Kier alpha value is -1.16. The number of anilines is 1. The van der Waals surface area contributed by atoms with E-state index in [-0.39, 0.29) is 5.97 Å². The van der Waals surface area contributed by atoms with E-state index in [2.05, 4.69) is 6.92 Å². The molecule has 0 fully saturated rings. The molecule has 0 radical (unpaired) electrons. The predicted octanol–water partition coefficient (Wildman–Crippen LogP) is 2.57. The van der Waals surface area contributed by atoms with Crippen LogP contribution in [0.15, 0.2) is 24.3 Å². The maximum atomic E-state index is 11.5. The largest absolute Gasteiger partial charge is 0.462 e. The second kappa shape index (κ2) is 7.17. The molecule has 0 unspecified atom stereocenters. The minimum absolute atomic E-state index is 0.297. The first-order valence-corrected chi connectivity index (χ1v) is 6.50. The number of esters is 1. The van der Waals surface area contributed by atoms with Gasteiger partial charge >= 0.3 is 5.97 Å². The Bertz CT molecular complexity index is 342. The zero-order valence-corrected chi connectivity index (χ0v) is 10.3. The molecule has 0 amide bonds. The molecule has 0 aliphatic heterocycles. The maximum absolute atomic E-state index is 11.5. The molecular formula is C12H17NO2S. The Balaban J connectivity index is 2.30. The van der Waals surface area contributed by atoms with Crippen molar-refractivity contribution in [3.63, 3.8) is 0 Å². The molecule has 4 heteroatoms. The van der Waals surface area contributed by atoms with Crippen molar-refractivity contribution >= 4 is 23.4 Å². The van der Waals surface area contributed by atoms with Crippen LogP contribution in [0.25, 0.3) is 0 Å². The Morgan fingerprint density at radius 3 is 3.00 bits per heavy atom. The number of carbonyl (C=O) groups excluding carboxylic acids is 1. The molecule has 0 spiro atoms. The van der Waals surface area contributed by atoms with Crippen LogP contribution in [0.3, 0.4) is 0 Å². The average Bonchev–Trinajstić information content (AvgIpc) is 2.28. The van der Waals surface area contributed by atoms with Gasteiger partial charge in [0.1, 0.15) is 0 Å². The molecule has 0 aliphatic rings. The van der Waals surface area contributed by atoms with Gasteiger partial charge in [0, 0.05) is 5.69 Å². The molecule has 16 heavy (non-hydrogen) atoms. The first-order valence-electron chi connectivity index (χ1n) is 5.34. The molecule has 1 aromatic carbocycles. The van der Waals surface area contributed by atoms with E-state index in [1.807, 2.05) is 11.8 Å². The fraction of sp³-hybridized carbons (Fsp3) is 0.417. The molecule has 1 rings (SSSR count). The van der Waals surface area contributed by atoms with Crippen LogP contribution in [-0.2, 0) is 4.74 Å². The normalized spacial score (nSPS) is 10.1. The van der Waals surface area contributed by atoms with Gasteiger partial charge < -0.3 is 10.5 Å². The predicted molar refractivity (Wildman–Crippen MR) is 68.8 cm³/mol. The van der Waals surface area contributed by atoms with E-state index >= 15 is 0 Å². The van der Waals surface area contributed by atoms with Gasteiger partial charge in [-0.2, -0.15) is 11.8 Å². The Morgan fingerprint density at radius 1 is 1.50 bits per heavy atom. The van der Waals surface area contributed by atoms with Crippen LogP contribution >= 0.6 is 11.8 Å². The van der Waals surface area contributed by atoms with Gasteiger partial charge in [0.05, 0.1) is 12.2 Å². The van der Waals surface area contributed by atoms with Gasteiger partial charge in [-0.25, -0.2) is 4.79 Å². The van der Waals surface area contributed by atoms with E-state index in [1.165, 1.54) is 0 Å². The molecular weight excluding hydrogens is 222 g/mol. The lowest BCUT2D eigenvalue weighted by molar-refractivity contribution is 0.0506. The van der Waals surface area contributed by atoms with Crippen molar-refractivity contribution in [1.82, 2.24) is 0 Å². The summed E-state index contributed by atoms with van der Waals surface area (Å²) >= 11 is 1.85. The summed E-state index contributed by atoms with van der Waals surface area (Å²) in [6.07, 6.45) is 0.895. The molecule has 0 heterocycles. The van der Waals surface area contributed by atoms with Crippen LogP contribution in [-0.4, -0.2) is 24.1 Å². The highest BCUT2D eigenvalue weighted by Crippen LogP contribution is 2.08. The third-order valence-electron chi connectivity index (χ3n) is 1.99. The van der Waals surface area contributed by atoms with Crippen LogP contribution in [0.2, 0.25) is 0 Å². The summed E-state index contributed by atoms with van der Waals surface area (Å²) in [5.74, 6) is 1.83. The molecule has 0 bridgehead atoms. The zero-order valence-electron chi connectivity index (χ0n) is 9.44. The van der Waals surface area contributed by atoms with E-state index in [0.717, 1.165) is 17.9 Å². The lowest BCUT2D eigenvalue weighted by Crippen LogP contribution is -2.07. The highest BCUT2D eigenvalue weighted by Gasteiger charge is 2.06. The summed E-state index contributed by atoms with van der Waals surface area (Å²) in [5.41, 5.74) is 6.68. The smallest absolute Gasteiger partial charge is 0.338 e. The minimum Gasteiger partial charge on any atom is -0.462 e. The summed E-state index contributed by atoms with van der Waals surface area (Å²) in [6.45, 7) is 2.59. The summed E-state index contributed by atoms with van der Waals surface area (Å²) < 4.78 is 5.12. The van der Waals surface area contributed by atoms with Crippen molar-refractivity contribution in [1.29, 1.82) is 0 Å². The van der Waals surface area contributed by atoms with Crippen LogP contribution in [0.1, 0.15) is 23.7 Å². The van der Waals surface area contributed by atoms with Crippen molar-refractivity contribution in [3.8, 4) is 0 Å². The number of ether oxygens (including phenoxy) is 1. The van der Waals surface area contributed by atoms with Crippen LogP contribution < -0.4 is 5.73 Å². The summed E-state index contributed by atoms with van der Waals surface area (Å²) in [4.78, 5) is 11.5.